The molecule has 5 heteroatoms. The molecular weight excluding hydrogens is 304 g/mol. The number of carbonyl (C=O) groups is 2. The zero-order valence-electron chi connectivity index (χ0n) is 12.7. The predicted octanol–water partition coefficient (Wildman–Crippen LogP) is 3.66. The number of ether oxygens (including phenoxy) is 1. The van der Waals surface area contributed by atoms with E-state index in [-0.39, 0.29) is 35.2 Å². The average molecular weight is 323 g/mol. The van der Waals surface area contributed by atoms with E-state index < -0.39 is 0 Å². The van der Waals surface area contributed by atoms with Crippen LogP contribution in [0.1, 0.15) is 35.2 Å². The molecule has 0 spiro atoms. The second-order valence-corrected chi connectivity index (χ2v) is 6.07. The molecule has 1 N–H and O–H groups in total. The lowest BCUT2D eigenvalue weighted by molar-refractivity contribution is -0.117. The monoisotopic (exact) mass is 322 g/mol. The van der Waals surface area contributed by atoms with E-state index in [4.69, 9.17) is 16.3 Å². The molecule has 0 saturated carbocycles. The molecule has 0 aromatic heterocycles. The minimum Gasteiger partial charge on any atom is -0.512 e. The van der Waals surface area contributed by atoms with Crippen LogP contribution in [0, 0.1) is 12.8 Å². The molecular formula is C17H19ClO4. The van der Waals surface area contributed by atoms with E-state index in [1.165, 1.54) is 0 Å². The van der Waals surface area contributed by atoms with Crippen molar-refractivity contribution in [3.8, 4) is 0 Å². The van der Waals surface area contributed by atoms with Crippen LogP contribution in [-0.4, -0.2) is 30.4 Å². The van der Waals surface area contributed by atoms with Gasteiger partial charge in [0.25, 0.3) is 0 Å². The topological polar surface area (TPSA) is 63.6 Å². The minimum atomic E-state index is -0.259. The van der Waals surface area contributed by atoms with Gasteiger partial charge in [-0.1, -0.05) is 17.7 Å². The Hall–Kier alpha value is -1.65. The van der Waals surface area contributed by atoms with Gasteiger partial charge in [0.15, 0.2) is 11.6 Å². The molecule has 22 heavy (non-hydrogen) atoms. The first-order valence-electron chi connectivity index (χ1n) is 7.14. The Balaban J connectivity index is 2.17. The first-order chi connectivity index (χ1) is 10.4. The zero-order chi connectivity index (χ0) is 16.3. The normalized spacial score (nSPS) is 18.7. The molecule has 1 atom stereocenters. The third-order valence-electron chi connectivity index (χ3n) is 3.81. The second kappa shape index (κ2) is 7.07. The maximum absolute atomic E-state index is 12.3. The molecule has 1 unspecified atom stereocenters. The van der Waals surface area contributed by atoms with Crippen LogP contribution in [0.25, 0.3) is 0 Å². The van der Waals surface area contributed by atoms with Gasteiger partial charge in [-0.05, 0) is 30.5 Å². The van der Waals surface area contributed by atoms with Crippen molar-refractivity contribution < 1.29 is 19.4 Å². The number of allylic oxidation sites excluding steroid dienone is 2. The number of hydrogen-bond acceptors (Lipinski definition) is 4. The molecule has 0 amide bonds. The maximum atomic E-state index is 12.3. The highest BCUT2D eigenvalue weighted by atomic mass is 35.5. The van der Waals surface area contributed by atoms with Crippen molar-refractivity contribution in [1.29, 1.82) is 0 Å². The Labute approximate surface area is 134 Å². The summed E-state index contributed by atoms with van der Waals surface area (Å²) in [6, 6.07) is 5.16. The Morgan fingerprint density at radius 1 is 1.41 bits per heavy atom. The van der Waals surface area contributed by atoms with Crippen molar-refractivity contribution in [2.75, 3.05) is 13.7 Å². The minimum absolute atomic E-state index is 0.00474. The van der Waals surface area contributed by atoms with Gasteiger partial charge in [-0.3, -0.25) is 9.59 Å². The van der Waals surface area contributed by atoms with Gasteiger partial charge in [-0.2, -0.15) is 0 Å². The molecule has 0 aliphatic heterocycles. The number of methoxy groups -OCH3 is 1. The fourth-order valence-corrected chi connectivity index (χ4v) is 3.01. The summed E-state index contributed by atoms with van der Waals surface area (Å²) in [5.74, 6) is -0.485. The molecule has 0 heterocycles. The molecule has 1 aromatic rings. The average Bonchev–Trinajstić information content (AvgIpc) is 2.43. The number of carbonyl (C=O) groups excluding carboxylic acids is 2. The van der Waals surface area contributed by atoms with Crippen LogP contribution >= 0.6 is 11.6 Å². The number of Topliss-reactive ketones (excluding diaryl/α,β-unsaturated/α-hetero) is 2. The van der Waals surface area contributed by atoms with Crippen LogP contribution in [0.5, 0.6) is 0 Å². The third kappa shape index (κ3) is 3.76. The highest BCUT2D eigenvalue weighted by molar-refractivity contribution is 6.34. The van der Waals surface area contributed by atoms with Gasteiger partial charge in [-0.15, -0.1) is 0 Å². The molecule has 4 nitrogen and oxygen atoms in total. The smallest absolute Gasteiger partial charge is 0.168 e. The Morgan fingerprint density at radius 3 is 2.73 bits per heavy atom. The van der Waals surface area contributed by atoms with Gasteiger partial charge in [-0.25, -0.2) is 0 Å². The van der Waals surface area contributed by atoms with E-state index in [0.29, 0.717) is 30.0 Å². The lowest BCUT2D eigenvalue weighted by Crippen LogP contribution is -2.24. The number of halogens is 1. The van der Waals surface area contributed by atoms with Gasteiger partial charge in [0.1, 0.15) is 0 Å². The summed E-state index contributed by atoms with van der Waals surface area (Å²) in [5, 5.41) is 10.4. The van der Waals surface area contributed by atoms with Crippen molar-refractivity contribution in [3.63, 3.8) is 0 Å². The summed E-state index contributed by atoms with van der Waals surface area (Å²) in [7, 11) is 1.56. The number of benzene rings is 1. The zero-order valence-corrected chi connectivity index (χ0v) is 13.4. The highest BCUT2D eigenvalue weighted by Crippen LogP contribution is 2.29. The Kier molecular flexibility index (Phi) is 5.37. The van der Waals surface area contributed by atoms with E-state index in [1.807, 2.05) is 6.92 Å². The molecule has 118 valence electrons. The lowest BCUT2D eigenvalue weighted by atomic mass is 9.85. The Morgan fingerprint density at radius 2 is 2.14 bits per heavy atom. The van der Waals surface area contributed by atoms with Gasteiger partial charge < -0.3 is 9.84 Å². The molecule has 2 rings (SSSR count). The van der Waals surface area contributed by atoms with Crippen LogP contribution in [0.2, 0.25) is 5.02 Å². The summed E-state index contributed by atoms with van der Waals surface area (Å²) < 4.78 is 5.02. The highest BCUT2D eigenvalue weighted by Gasteiger charge is 2.29. The van der Waals surface area contributed by atoms with Crippen molar-refractivity contribution in [1.82, 2.24) is 0 Å². The number of rotatable bonds is 5. The van der Waals surface area contributed by atoms with Crippen molar-refractivity contribution >= 4 is 23.2 Å². The largest absolute Gasteiger partial charge is 0.512 e. The van der Waals surface area contributed by atoms with E-state index in [0.717, 1.165) is 5.56 Å². The van der Waals surface area contributed by atoms with E-state index >= 15 is 0 Å². The maximum Gasteiger partial charge on any atom is 0.168 e. The number of ketones is 2. The van der Waals surface area contributed by atoms with Crippen LogP contribution in [0.15, 0.2) is 29.5 Å². The molecule has 1 aromatic carbocycles. The van der Waals surface area contributed by atoms with Crippen molar-refractivity contribution in [2.45, 2.75) is 26.2 Å². The van der Waals surface area contributed by atoms with Crippen LogP contribution in [-0.2, 0) is 9.53 Å². The van der Waals surface area contributed by atoms with E-state index in [9.17, 15) is 14.7 Å². The lowest BCUT2D eigenvalue weighted by Gasteiger charge is -2.22. The van der Waals surface area contributed by atoms with Crippen molar-refractivity contribution in [2.24, 2.45) is 5.92 Å². The summed E-state index contributed by atoms with van der Waals surface area (Å²) in [4.78, 5) is 24.5. The summed E-state index contributed by atoms with van der Waals surface area (Å²) >= 11 is 6.08. The SMILES string of the molecule is COCC1CC(=O)C(CC(=O)c2ccc(C)cc2Cl)=C(O)C1. The predicted molar refractivity (Wildman–Crippen MR) is 84.4 cm³/mol. The van der Waals surface area contributed by atoms with E-state index in [2.05, 4.69) is 0 Å². The number of aryl methyl sites for hydroxylation is 1. The van der Waals surface area contributed by atoms with E-state index in [1.54, 1.807) is 25.3 Å². The summed E-state index contributed by atoms with van der Waals surface area (Å²) in [6.45, 7) is 2.30. The van der Waals surface area contributed by atoms with Gasteiger partial charge in [0.05, 0.1) is 10.8 Å². The number of aliphatic hydroxyl groups is 1. The van der Waals surface area contributed by atoms with Crippen LogP contribution in [0.3, 0.4) is 0 Å². The molecule has 0 fully saturated rings. The fraction of sp³-hybridized carbons (Fsp3) is 0.412. The standard InChI is InChI=1S/C17H19ClO4/c1-10-3-4-12(14(18)5-10)17(21)8-13-15(19)6-11(9-22-2)7-16(13)20/h3-5,11,19H,6-9H2,1-2H3. The van der Waals surface area contributed by atoms with Crippen molar-refractivity contribution in [3.05, 3.63) is 45.7 Å². The quantitative estimate of drug-likeness (QED) is 0.840. The Bertz CT molecular complexity index is 634. The molecule has 0 bridgehead atoms. The van der Waals surface area contributed by atoms with Gasteiger partial charge in [0, 0.05) is 44.1 Å². The molecule has 1 aliphatic rings. The summed E-state index contributed by atoms with van der Waals surface area (Å²) in [6.07, 6.45) is 0.541. The van der Waals surface area contributed by atoms with Crippen LogP contribution < -0.4 is 0 Å². The first kappa shape index (κ1) is 16.7. The number of hydrogen-bond donors (Lipinski definition) is 1. The summed E-state index contributed by atoms with van der Waals surface area (Å²) in [5.41, 5.74) is 1.54. The fourth-order valence-electron chi connectivity index (χ4n) is 2.67. The van der Waals surface area contributed by atoms with Gasteiger partial charge >= 0.3 is 0 Å². The second-order valence-electron chi connectivity index (χ2n) is 5.66. The molecule has 0 radical (unpaired) electrons. The number of aliphatic hydroxyl groups excluding tert-OH is 1. The van der Waals surface area contributed by atoms with Gasteiger partial charge in [0.2, 0.25) is 0 Å². The first-order valence-corrected chi connectivity index (χ1v) is 7.52. The molecule has 1 aliphatic carbocycles. The van der Waals surface area contributed by atoms with Crippen LogP contribution in [0.4, 0.5) is 0 Å². The third-order valence-corrected chi connectivity index (χ3v) is 4.12. The molecule has 0 saturated heterocycles.